The van der Waals surface area contributed by atoms with Gasteiger partial charge in [0.1, 0.15) is 0 Å². The summed E-state index contributed by atoms with van der Waals surface area (Å²) in [7, 11) is -4.55. The number of rotatable bonds is 7. The minimum absolute atomic E-state index is 0.356. The Labute approximate surface area is 106 Å². The predicted molar refractivity (Wildman–Crippen MR) is 64.4 cm³/mol. The van der Waals surface area contributed by atoms with E-state index in [-0.39, 0.29) is 0 Å². The van der Waals surface area contributed by atoms with Crippen LogP contribution in [0, 0.1) is 0 Å². The second-order valence-electron chi connectivity index (χ2n) is 3.35. The Morgan fingerprint density at radius 3 is 2.20 bits per heavy atom. The quantitative estimate of drug-likeness (QED) is 0.444. The van der Waals surface area contributed by atoms with E-state index < -0.39 is 19.2 Å². The lowest BCUT2D eigenvalue weighted by atomic mass is 10.1. The monoisotopic (exact) mass is 296 g/mol. The van der Waals surface area contributed by atoms with Crippen molar-refractivity contribution in [1.29, 1.82) is 0 Å². The van der Waals surface area contributed by atoms with E-state index in [2.05, 4.69) is 6.92 Å². The van der Waals surface area contributed by atoms with Crippen LogP contribution in [0.25, 0.3) is 0 Å². The van der Waals surface area contributed by atoms with Crippen molar-refractivity contribution in [3.63, 3.8) is 0 Å². The number of halogens is 3. The zero-order chi connectivity index (χ0) is 12.1. The first-order valence-electron chi connectivity index (χ1n) is 4.72. The predicted octanol–water partition coefficient (Wildman–Crippen LogP) is 3.58. The largest absolute Gasteiger partial charge is 0.300 e. The van der Waals surface area contributed by atoms with Crippen molar-refractivity contribution in [3.05, 3.63) is 0 Å². The first kappa shape index (κ1) is 15.8. The van der Waals surface area contributed by atoms with Crippen LogP contribution in [-0.4, -0.2) is 22.0 Å². The fourth-order valence-electron chi connectivity index (χ4n) is 1.08. The van der Waals surface area contributed by atoms with Crippen LogP contribution in [0.4, 0.5) is 0 Å². The van der Waals surface area contributed by atoms with Gasteiger partial charge in [0.25, 0.3) is 3.67 Å². The van der Waals surface area contributed by atoms with E-state index in [9.17, 15) is 8.42 Å². The Kier molecular flexibility index (Phi) is 6.84. The highest BCUT2D eigenvalue weighted by Crippen LogP contribution is 2.37. The van der Waals surface area contributed by atoms with E-state index in [4.69, 9.17) is 39.4 Å². The van der Waals surface area contributed by atoms with E-state index in [0.717, 1.165) is 25.7 Å². The first-order chi connectivity index (χ1) is 6.73. The summed E-state index contributed by atoms with van der Waals surface area (Å²) >= 11 is 16.7. The number of unbranched alkanes of at least 4 members (excludes halogenated alkanes) is 3. The molecule has 0 aromatic carbocycles. The summed E-state index contributed by atoms with van der Waals surface area (Å²) in [6.07, 6.45) is 4.15. The average molecular weight is 298 g/mol. The number of alkyl halides is 3. The number of hydrogen-bond acceptors (Lipinski definition) is 2. The Balaban J connectivity index is 4.15. The van der Waals surface area contributed by atoms with E-state index in [1.807, 2.05) is 0 Å². The molecule has 7 heteroatoms. The van der Waals surface area contributed by atoms with Gasteiger partial charge in [-0.3, -0.25) is 4.55 Å². The van der Waals surface area contributed by atoms with Crippen LogP contribution in [0.1, 0.15) is 39.0 Å². The van der Waals surface area contributed by atoms with Crippen LogP contribution >= 0.6 is 34.8 Å². The van der Waals surface area contributed by atoms with E-state index in [0.29, 0.717) is 6.42 Å². The molecule has 0 saturated heterocycles. The molecule has 0 aliphatic carbocycles. The zero-order valence-electron chi connectivity index (χ0n) is 8.42. The normalized spacial score (nSPS) is 15.3. The van der Waals surface area contributed by atoms with Crippen molar-refractivity contribution in [3.8, 4) is 0 Å². The summed E-state index contributed by atoms with van der Waals surface area (Å²) in [4.78, 5) is 0. The van der Waals surface area contributed by atoms with Gasteiger partial charge in [-0.05, 0) is 6.42 Å². The summed E-state index contributed by atoms with van der Waals surface area (Å²) in [5, 5.41) is -1.01. The van der Waals surface area contributed by atoms with Crippen LogP contribution in [0.15, 0.2) is 0 Å². The third kappa shape index (κ3) is 5.09. The SMILES string of the molecule is CCCCCCC(Cl)C(Cl)(Cl)S(=O)(=O)O. The molecule has 1 unspecified atom stereocenters. The first-order valence-corrected chi connectivity index (χ1v) is 7.35. The molecule has 3 nitrogen and oxygen atoms in total. The number of hydrogen-bond donors (Lipinski definition) is 1. The topological polar surface area (TPSA) is 54.4 Å². The maximum Gasteiger partial charge on any atom is 0.300 e. The molecule has 92 valence electrons. The van der Waals surface area contributed by atoms with Gasteiger partial charge in [-0.15, -0.1) is 11.6 Å². The summed E-state index contributed by atoms with van der Waals surface area (Å²) in [5.41, 5.74) is 0. The fourth-order valence-corrected chi connectivity index (χ4v) is 2.23. The van der Waals surface area contributed by atoms with E-state index in [1.54, 1.807) is 0 Å². The lowest BCUT2D eigenvalue weighted by Crippen LogP contribution is -2.35. The fraction of sp³-hybridized carbons (Fsp3) is 1.00. The molecule has 0 bridgehead atoms. The average Bonchev–Trinajstić information content (AvgIpc) is 2.10. The highest BCUT2D eigenvalue weighted by Gasteiger charge is 2.45. The Hall–Kier alpha value is 0.780. The maximum absolute atomic E-state index is 10.8. The van der Waals surface area contributed by atoms with Crippen molar-refractivity contribution in [1.82, 2.24) is 0 Å². The molecule has 1 atom stereocenters. The van der Waals surface area contributed by atoms with E-state index >= 15 is 0 Å². The van der Waals surface area contributed by atoms with Crippen LogP contribution in [-0.2, 0) is 10.1 Å². The second kappa shape index (κ2) is 6.50. The van der Waals surface area contributed by atoms with Gasteiger partial charge in [-0.1, -0.05) is 55.8 Å². The molecule has 0 rings (SSSR count). The van der Waals surface area contributed by atoms with Crippen LogP contribution in [0.2, 0.25) is 0 Å². The van der Waals surface area contributed by atoms with Crippen LogP contribution < -0.4 is 0 Å². The molecule has 0 amide bonds. The van der Waals surface area contributed by atoms with Gasteiger partial charge in [0, 0.05) is 0 Å². The van der Waals surface area contributed by atoms with Gasteiger partial charge in [-0.25, -0.2) is 0 Å². The van der Waals surface area contributed by atoms with Crippen LogP contribution in [0.3, 0.4) is 0 Å². The molecule has 0 aliphatic heterocycles. The van der Waals surface area contributed by atoms with Crippen LogP contribution in [0.5, 0.6) is 0 Å². The molecule has 15 heavy (non-hydrogen) atoms. The molecular formula is C8H15Cl3O3S. The smallest absolute Gasteiger partial charge is 0.283 e. The Bertz CT molecular complexity index is 277. The van der Waals surface area contributed by atoms with E-state index in [1.165, 1.54) is 0 Å². The minimum Gasteiger partial charge on any atom is -0.283 e. The molecule has 1 N–H and O–H groups in total. The molecular weight excluding hydrogens is 283 g/mol. The van der Waals surface area contributed by atoms with Gasteiger partial charge in [0.15, 0.2) is 0 Å². The lowest BCUT2D eigenvalue weighted by molar-refractivity contribution is 0.468. The molecule has 0 aromatic heterocycles. The highest BCUT2D eigenvalue weighted by atomic mass is 35.5. The van der Waals surface area contributed by atoms with Gasteiger partial charge >= 0.3 is 10.1 Å². The van der Waals surface area contributed by atoms with Gasteiger partial charge in [0.2, 0.25) is 0 Å². The van der Waals surface area contributed by atoms with Gasteiger partial charge < -0.3 is 0 Å². The summed E-state index contributed by atoms with van der Waals surface area (Å²) in [6.45, 7) is 2.06. The molecule has 0 heterocycles. The zero-order valence-corrected chi connectivity index (χ0v) is 11.5. The minimum atomic E-state index is -4.55. The third-order valence-electron chi connectivity index (χ3n) is 2.02. The highest BCUT2D eigenvalue weighted by molar-refractivity contribution is 7.90. The summed E-state index contributed by atoms with van der Waals surface area (Å²) in [5.74, 6) is 0. The second-order valence-corrected chi connectivity index (χ2v) is 7.31. The summed E-state index contributed by atoms with van der Waals surface area (Å²) in [6, 6.07) is 0. The van der Waals surface area contributed by atoms with Gasteiger partial charge in [-0.2, -0.15) is 8.42 Å². The van der Waals surface area contributed by atoms with Gasteiger partial charge in [0.05, 0.1) is 5.38 Å². The van der Waals surface area contributed by atoms with Crippen molar-refractivity contribution in [2.45, 2.75) is 48.1 Å². The third-order valence-corrected chi connectivity index (χ3v) is 5.59. The van der Waals surface area contributed by atoms with Crippen molar-refractivity contribution >= 4 is 44.9 Å². The maximum atomic E-state index is 10.8. The Morgan fingerprint density at radius 2 is 1.80 bits per heavy atom. The van der Waals surface area contributed by atoms with Crippen molar-refractivity contribution in [2.75, 3.05) is 0 Å². The molecule has 0 fully saturated rings. The van der Waals surface area contributed by atoms with Crippen molar-refractivity contribution in [2.24, 2.45) is 0 Å². The van der Waals surface area contributed by atoms with Crippen molar-refractivity contribution < 1.29 is 13.0 Å². The molecule has 0 aromatic rings. The lowest BCUT2D eigenvalue weighted by Gasteiger charge is -2.21. The summed E-state index contributed by atoms with van der Waals surface area (Å²) < 4.78 is 28.0. The Morgan fingerprint density at radius 1 is 1.27 bits per heavy atom. The standard InChI is InChI=1S/C8H15Cl3O3S/c1-2-3-4-5-6-7(9)8(10,11)15(12,13)14/h7H,2-6H2,1H3,(H,12,13,14). The molecule has 0 saturated carbocycles. The molecule has 0 aliphatic rings. The molecule has 0 radical (unpaired) electrons. The molecule has 0 spiro atoms.